The molecule has 0 saturated carbocycles. The summed E-state index contributed by atoms with van der Waals surface area (Å²) in [5.74, 6) is -2.07. The molecule has 37 heavy (non-hydrogen) atoms. The van der Waals surface area contributed by atoms with E-state index in [9.17, 15) is 19.5 Å². The molecule has 10 nitrogen and oxygen atoms in total. The fourth-order valence-electron chi connectivity index (χ4n) is 4.91. The Morgan fingerprint density at radius 1 is 1.08 bits per heavy atom. The SMILES string of the molecule is N[C@@H](Cc1c[nH]c2ccccc12)C(=O)N1Cc2ccccc2C[C@H]1C(=O)N[C@@H](Cc1cnc[nH]1)C(=O)O. The van der Waals surface area contributed by atoms with Gasteiger partial charge in [-0.15, -0.1) is 0 Å². The lowest BCUT2D eigenvalue weighted by atomic mass is 9.92. The Kier molecular flexibility index (Phi) is 6.74. The molecule has 3 heterocycles. The quantitative estimate of drug-likeness (QED) is 0.247. The summed E-state index contributed by atoms with van der Waals surface area (Å²) in [7, 11) is 0. The number of nitrogens with one attached hydrogen (secondary N) is 3. The van der Waals surface area contributed by atoms with Gasteiger partial charge < -0.3 is 31.0 Å². The number of amides is 2. The number of carboxylic acid groups (broad SMARTS) is 1. The maximum Gasteiger partial charge on any atom is 0.326 e. The number of para-hydroxylation sites is 1. The van der Waals surface area contributed by atoms with Gasteiger partial charge in [0.1, 0.15) is 12.1 Å². The Morgan fingerprint density at radius 2 is 1.84 bits per heavy atom. The molecule has 0 spiro atoms. The molecular formula is C27H28N6O4. The van der Waals surface area contributed by atoms with Crippen molar-refractivity contribution in [3.05, 3.63) is 89.6 Å². The monoisotopic (exact) mass is 500 g/mol. The maximum atomic E-state index is 13.6. The molecule has 10 heteroatoms. The van der Waals surface area contributed by atoms with E-state index in [1.165, 1.54) is 17.4 Å². The van der Waals surface area contributed by atoms with Crippen molar-refractivity contribution in [3.8, 4) is 0 Å². The van der Waals surface area contributed by atoms with E-state index in [0.29, 0.717) is 12.1 Å². The van der Waals surface area contributed by atoms with E-state index in [-0.39, 0.29) is 25.3 Å². The predicted molar refractivity (Wildman–Crippen MR) is 136 cm³/mol. The molecule has 2 aromatic heterocycles. The first kappa shape index (κ1) is 24.3. The Bertz CT molecular complexity index is 1430. The molecule has 6 N–H and O–H groups in total. The van der Waals surface area contributed by atoms with Crippen LogP contribution in [0.5, 0.6) is 0 Å². The van der Waals surface area contributed by atoms with Gasteiger partial charge in [-0.1, -0.05) is 42.5 Å². The summed E-state index contributed by atoms with van der Waals surface area (Å²) in [5, 5.41) is 13.3. The molecule has 190 valence electrons. The van der Waals surface area contributed by atoms with Gasteiger partial charge in [-0.2, -0.15) is 0 Å². The molecule has 1 aliphatic heterocycles. The highest BCUT2D eigenvalue weighted by Gasteiger charge is 2.38. The summed E-state index contributed by atoms with van der Waals surface area (Å²) in [6.07, 6.45) is 5.41. The first-order valence-corrected chi connectivity index (χ1v) is 12.1. The predicted octanol–water partition coefficient (Wildman–Crippen LogP) is 1.53. The standard InChI is InChI=1S/C27H28N6O4/c28-21(9-18-12-30-22-8-4-3-7-20(18)22)26(35)33-14-17-6-2-1-5-16(17)10-24(33)25(34)32-23(27(36)37)11-19-13-29-15-31-19/h1-8,12-13,15,21,23-24,30H,9-11,14,28H2,(H,29,31)(H,32,34)(H,36,37)/t21-,23-,24-/m0/s1. The number of imidazole rings is 1. The smallest absolute Gasteiger partial charge is 0.326 e. The molecule has 2 aromatic carbocycles. The number of H-pyrrole nitrogens is 2. The van der Waals surface area contributed by atoms with Crippen molar-refractivity contribution in [1.29, 1.82) is 0 Å². The topological polar surface area (TPSA) is 157 Å². The highest BCUT2D eigenvalue weighted by atomic mass is 16.4. The average Bonchev–Trinajstić information content (AvgIpc) is 3.57. The first-order valence-electron chi connectivity index (χ1n) is 12.1. The van der Waals surface area contributed by atoms with Gasteiger partial charge in [0.15, 0.2) is 0 Å². The number of carbonyl (C=O) groups is 3. The molecule has 0 radical (unpaired) electrons. The zero-order chi connectivity index (χ0) is 25.9. The molecule has 0 fully saturated rings. The second-order valence-electron chi connectivity index (χ2n) is 9.31. The minimum Gasteiger partial charge on any atom is -0.480 e. The molecule has 3 atom stereocenters. The van der Waals surface area contributed by atoms with Crippen LogP contribution < -0.4 is 11.1 Å². The average molecular weight is 501 g/mol. The maximum absolute atomic E-state index is 13.6. The summed E-state index contributed by atoms with van der Waals surface area (Å²) in [5.41, 5.74) is 10.7. The molecule has 2 amide bonds. The van der Waals surface area contributed by atoms with E-state index in [2.05, 4.69) is 20.3 Å². The largest absolute Gasteiger partial charge is 0.480 e. The van der Waals surface area contributed by atoms with Gasteiger partial charge in [0.05, 0.1) is 12.4 Å². The van der Waals surface area contributed by atoms with Crippen molar-refractivity contribution in [2.45, 2.75) is 43.9 Å². The molecule has 0 bridgehead atoms. The summed E-state index contributed by atoms with van der Waals surface area (Å²) < 4.78 is 0. The minimum absolute atomic E-state index is 0.0401. The van der Waals surface area contributed by atoms with Gasteiger partial charge >= 0.3 is 5.97 Å². The highest BCUT2D eigenvalue weighted by Crippen LogP contribution is 2.26. The highest BCUT2D eigenvalue weighted by molar-refractivity contribution is 5.93. The molecular weight excluding hydrogens is 472 g/mol. The van der Waals surface area contributed by atoms with Crippen molar-refractivity contribution in [2.24, 2.45) is 5.73 Å². The summed E-state index contributed by atoms with van der Waals surface area (Å²) in [4.78, 5) is 50.4. The summed E-state index contributed by atoms with van der Waals surface area (Å²) in [6.45, 7) is 0.215. The summed E-state index contributed by atoms with van der Waals surface area (Å²) >= 11 is 0. The van der Waals surface area contributed by atoms with E-state index in [4.69, 9.17) is 5.73 Å². The molecule has 1 aliphatic rings. The zero-order valence-corrected chi connectivity index (χ0v) is 20.1. The van der Waals surface area contributed by atoms with E-state index < -0.39 is 30.0 Å². The lowest BCUT2D eigenvalue weighted by molar-refractivity contribution is -0.146. The Labute approximate surface area is 212 Å². The number of nitrogens with zero attached hydrogens (tertiary/aromatic N) is 2. The van der Waals surface area contributed by atoms with Gasteiger partial charge in [0.2, 0.25) is 11.8 Å². The van der Waals surface area contributed by atoms with E-state index in [0.717, 1.165) is 27.6 Å². The second-order valence-corrected chi connectivity index (χ2v) is 9.31. The first-order chi connectivity index (χ1) is 17.9. The van der Waals surface area contributed by atoms with Gasteiger partial charge in [-0.3, -0.25) is 9.59 Å². The second kappa shape index (κ2) is 10.3. The van der Waals surface area contributed by atoms with E-state index in [1.807, 2.05) is 54.7 Å². The minimum atomic E-state index is -1.18. The Hall–Kier alpha value is -4.44. The number of aromatic nitrogens is 3. The molecule has 5 rings (SSSR count). The third-order valence-corrected chi connectivity index (χ3v) is 6.86. The van der Waals surface area contributed by atoms with Crippen LogP contribution in [0.3, 0.4) is 0 Å². The van der Waals surface area contributed by atoms with Gasteiger partial charge in [0, 0.05) is 48.4 Å². The van der Waals surface area contributed by atoms with Crippen LogP contribution in [0, 0.1) is 0 Å². The van der Waals surface area contributed by atoms with Crippen molar-refractivity contribution < 1.29 is 19.5 Å². The number of fused-ring (bicyclic) bond motifs is 2. The van der Waals surface area contributed by atoms with Crippen LogP contribution in [0.4, 0.5) is 0 Å². The molecule has 0 unspecified atom stereocenters. The van der Waals surface area contributed by atoms with Crippen LogP contribution in [0.15, 0.2) is 67.3 Å². The number of benzene rings is 2. The lowest BCUT2D eigenvalue weighted by Gasteiger charge is -2.37. The number of aromatic amines is 2. The van der Waals surface area contributed by atoms with Crippen LogP contribution in [-0.2, 0) is 40.2 Å². The fraction of sp³-hybridized carbons (Fsp3) is 0.259. The van der Waals surface area contributed by atoms with Crippen LogP contribution in [0.1, 0.15) is 22.4 Å². The fourth-order valence-corrected chi connectivity index (χ4v) is 4.91. The van der Waals surface area contributed by atoms with Crippen molar-refractivity contribution in [2.75, 3.05) is 0 Å². The van der Waals surface area contributed by atoms with Crippen LogP contribution >= 0.6 is 0 Å². The van der Waals surface area contributed by atoms with Crippen molar-refractivity contribution >= 4 is 28.7 Å². The van der Waals surface area contributed by atoms with Crippen LogP contribution in [0.2, 0.25) is 0 Å². The number of carbonyl (C=O) groups excluding carboxylic acids is 2. The molecule has 4 aromatic rings. The molecule has 0 aliphatic carbocycles. The van der Waals surface area contributed by atoms with Crippen molar-refractivity contribution in [3.63, 3.8) is 0 Å². The number of hydrogen-bond acceptors (Lipinski definition) is 5. The van der Waals surface area contributed by atoms with Gasteiger partial charge in [0.25, 0.3) is 0 Å². The van der Waals surface area contributed by atoms with E-state index in [1.54, 1.807) is 0 Å². The number of aliphatic carboxylic acids is 1. The van der Waals surface area contributed by atoms with E-state index >= 15 is 0 Å². The van der Waals surface area contributed by atoms with Crippen molar-refractivity contribution in [1.82, 2.24) is 25.2 Å². The van der Waals surface area contributed by atoms with Gasteiger partial charge in [-0.05, 0) is 29.2 Å². The Morgan fingerprint density at radius 3 is 2.59 bits per heavy atom. The van der Waals surface area contributed by atoms with Crippen LogP contribution in [-0.4, -0.2) is 60.9 Å². The zero-order valence-electron chi connectivity index (χ0n) is 20.1. The molecule has 0 saturated heterocycles. The normalized spacial score (nSPS) is 16.7. The number of nitrogens with two attached hydrogens (primary N) is 1. The number of rotatable bonds is 8. The number of hydrogen-bond donors (Lipinski definition) is 5. The third kappa shape index (κ3) is 5.10. The summed E-state index contributed by atoms with van der Waals surface area (Å²) in [6, 6.07) is 12.5. The lowest BCUT2D eigenvalue weighted by Crippen LogP contribution is -2.58. The van der Waals surface area contributed by atoms with Gasteiger partial charge in [-0.25, -0.2) is 9.78 Å². The Balaban J connectivity index is 1.37. The third-order valence-electron chi connectivity index (χ3n) is 6.86. The van der Waals surface area contributed by atoms with Crippen LogP contribution in [0.25, 0.3) is 10.9 Å². The number of carboxylic acids is 1.